The van der Waals surface area contributed by atoms with Crippen molar-refractivity contribution in [1.82, 2.24) is 4.98 Å². The van der Waals surface area contributed by atoms with Crippen LogP contribution in [0.2, 0.25) is 0 Å². The zero-order valence-electron chi connectivity index (χ0n) is 15.1. The minimum atomic E-state index is -0.396. The van der Waals surface area contributed by atoms with E-state index in [1.807, 2.05) is 37.3 Å². The topological polar surface area (TPSA) is 71.5 Å². The van der Waals surface area contributed by atoms with Gasteiger partial charge in [0.05, 0.1) is 23.2 Å². The molecule has 2 aromatic carbocycles. The van der Waals surface area contributed by atoms with Gasteiger partial charge in [-0.15, -0.1) is 0 Å². The van der Waals surface area contributed by atoms with Gasteiger partial charge in [-0.2, -0.15) is 0 Å². The SMILES string of the molecule is COc1ccc(N2C[C@@H](C(=O)Nc3nc4c(C)cccc4s3)CC2=O)cc1. The number of hydrogen-bond acceptors (Lipinski definition) is 5. The van der Waals surface area contributed by atoms with Crippen molar-refractivity contribution >= 4 is 44.2 Å². The van der Waals surface area contributed by atoms with Crippen LogP contribution in [0.3, 0.4) is 0 Å². The summed E-state index contributed by atoms with van der Waals surface area (Å²) in [6.45, 7) is 2.36. The lowest BCUT2D eigenvalue weighted by atomic mass is 10.1. The fraction of sp³-hybridized carbons (Fsp3) is 0.250. The Morgan fingerprint density at radius 1 is 1.26 bits per heavy atom. The number of rotatable bonds is 4. The monoisotopic (exact) mass is 381 g/mol. The molecule has 0 bridgehead atoms. The first-order valence-electron chi connectivity index (χ1n) is 8.66. The van der Waals surface area contributed by atoms with Crippen molar-refractivity contribution in [1.29, 1.82) is 0 Å². The van der Waals surface area contributed by atoms with Crippen LogP contribution in [0, 0.1) is 12.8 Å². The largest absolute Gasteiger partial charge is 0.497 e. The van der Waals surface area contributed by atoms with E-state index >= 15 is 0 Å². The van der Waals surface area contributed by atoms with Crippen molar-refractivity contribution in [2.24, 2.45) is 5.92 Å². The first kappa shape index (κ1) is 17.5. The number of hydrogen-bond donors (Lipinski definition) is 1. The lowest BCUT2D eigenvalue weighted by Gasteiger charge is -2.16. The molecule has 27 heavy (non-hydrogen) atoms. The molecule has 2 heterocycles. The number of fused-ring (bicyclic) bond motifs is 1. The maximum Gasteiger partial charge on any atom is 0.231 e. The summed E-state index contributed by atoms with van der Waals surface area (Å²) in [5.41, 5.74) is 2.75. The van der Waals surface area contributed by atoms with Crippen LogP contribution in [-0.4, -0.2) is 30.5 Å². The Bertz CT molecular complexity index is 1010. The third-order valence-corrected chi connectivity index (χ3v) is 5.67. The molecule has 7 heteroatoms. The molecule has 1 aliphatic heterocycles. The van der Waals surface area contributed by atoms with E-state index in [0.29, 0.717) is 11.7 Å². The van der Waals surface area contributed by atoms with Crippen LogP contribution in [-0.2, 0) is 9.59 Å². The number of ether oxygens (including phenoxy) is 1. The lowest BCUT2D eigenvalue weighted by Crippen LogP contribution is -2.28. The van der Waals surface area contributed by atoms with Gasteiger partial charge >= 0.3 is 0 Å². The molecule has 1 aliphatic rings. The van der Waals surface area contributed by atoms with E-state index in [-0.39, 0.29) is 18.2 Å². The molecule has 0 spiro atoms. The van der Waals surface area contributed by atoms with Gasteiger partial charge in [-0.3, -0.25) is 9.59 Å². The zero-order valence-corrected chi connectivity index (χ0v) is 15.9. The second-order valence-corrected chi connectivity index (χ2v) is 7.56. The molecule has 1 saturated heterocycles. The molecule has 138 valence electrons. The van der Waals surface area contributed by atoms with Gasteiger partial charge in [0.15, 0.2) is 5.13 Å². The van der Waals surface area contributed by atoms with Crippen LogP contribution in [0.4, 0.5) is 10.8 Å². The van der Waals surface area contributed by atoms with E-state index in [0.717, 1.165) is 27.2 Å². The zero-order chi connectivity index (χ0) is 19.0. The number of benzene rings is 2. The molecule has 0 radical (unpaired) electrons. The van der Waals surface area contributed by atoms with E-state index in [9.17, 15) is 9.59 Å². The van der Waals surface area contributed by atoms with Crippen LogP contribution < -0.4 is 15.0 Å². The van der Waals surface area contributed by atoms with Crippen LogP contribution >= 0.6 is 11.3 Å². The summed E-state index contributed by atoms with van der Waals surface area (Å²) in [7, 11) is 1.60. The van der Waals surface area contributed by atoms with Gasteiger partial charge in [0.2, 0.25) is 11.8 Å². The Morgan fingerprint density at radius 2 is 2.04 bits per heavy atom. The van der Waals surface area contributed by atoms with Gasteiger partial charge in [-0.05, 0) is 42.8 Å². The van der Waals surface area contributed by atoms with E-state index in [1.165, 1.54) is 11.3 Å². The maximum absolute atomic E-state index is 12.7. The highest BCUT2D eigenvalue weighted by Gasteiger charge is 2.35. The van der Waals surface area contributed by atoms with Crippen molar-refractivity contribution in [3.05, 3.63) is 48.0 Å². The highest BCUT2D eigenvalue weighted by molar-refractivity contribution is 7.22. The van der Waals surface area contributed by atoms with Crippen LogP contribution in [0.1, 0.15) is 12.0 Å². The Morgan fingerprint density at radius 3 is 2.74 bits per heavy atom. The van der Waals surface area contributed by atoms with E-state index in [4.69, 9.17) is 4.74 Å². The van der Waals surface area contributed by atoms with Crippen molar-refractivity contribution in [3.63, 3.8) is 0 Å². The van der Waals surface area contributed by atoms with Crippen LogP contribution in [0.15, 0.2) is 42.5 Å². The van der Waals surface area contributed by atoms with Gasteiger partial charge in [-0.25, -0.2) is 4.98 Å². The molecule has 0 unspecified atom stereocenters. The number of carbonyl (C=O) groups is 2. The number of amides is 2. The predicted molar refractivity (Wildman–Crippen MR) is 106 cm³/mol. The number of nitrogens with zero attached hydrogens (tertiary/aromatic N) is 2. The number of aromatic nitrogens is 1. The van der Waals surface area contributed by atoms with Crippen molar-refractivity contribution in [2.45, 2.75) is 13.3 Å². The summed E-state index contributed by atoms with van der Waals surface area (Å²) < 4.78 is 6.18. The number of thiazole rings is 1. The van der Waals surface area contributed by atoms with Gasteiger partial charge in [0.25, 0.3) is 0 Å². The molecule has 1 N–H and O–H groups in total. The fourth-order valence-electron chi connectivity index (χ4n) is 3.24. The van der Waals surface area contributed by atoms with E-state index in [2.05, 4.69) is 10.3 Å². The number of nitrogens with one attached hydrogen (secondary N) is 1. The lowest BCUT2D eigenvalue weighted by molar-refractivity contribution is -0.122. The van der Waals surface area contributed by atoms with Gasteiger partial charge < -0.3 is 15.0 Å². The Kier molecular flexibility index (Phi) is 4.53. The van der Waals surface area contributed by atoms with E-state index in [1.54, 1.807) is 24.1 Å². The highest BCUT2D eigenvalue weighted by atomic mass is 32.1. The second kappa shape index (κ2) is 7.00. The minimum Gasteiger partial charge on any atom is -0.497 e. The third kappa shape index (κ3) is 3.38. The van der Waals surface area contributed by atoms with Crippen LogP contribution in [0.5, 0.6) is 5.75 Å². The first-order chi connectivity index (χ1) is 13.0. The molecule has 1 atom stereocenters. The number of carbonyl (C=O) groups excluding carboxylic acids is 2. The molecule has 6 nitrogen and oxygen atoms in total. The fourth-order valence-corrected chi connectivity index (χ4v) is 4.19. The minimum absolute atomic E-state index is 0.0551. The molecular weight excluding hydrogens is 362 g/mol. The summed E-state index contributed by atoms with van der Waals surface area (Å²) in [6.07, 6.45) is 0.196. The second-order valence-electron chi connectivity index (χ2n) is 6.53. The molecule has 1 aromatic heterocycles. The average molecular weight is 381 g/mol. The Balaban J connectivity index is 1.47. The summed E-state index contributed by atoms with van der Waals surface area (Å²) in [5.74, 6) is 0.107. The van der Waals surface area contributed by atoms with Gasteiger partial charge in [0, 0.05) is 18.7 Å². The van der Waals surface area contributed by atoms with Gasteiger partial charge in [-0.1, -0.05) is 23.5 Å². The molecule has 3 aromatic rings. The quantitative estimate of drug-likeness (QED) is 0.749. The average Bonchev–Trinajstić information content (AvgIpc) is 3.26. The number of aryl methyl sites for hydroxylation is 1. The molecule has 4 rings (SSSR count). The summed E-state index contributed by atoms with van der Waals surface area (Å²) >= 11 is 1.45. The number of anilines is 2. The molecule has 2 amide bonds. The van der Waals surface area contributed by atoms with E-state index < -0.39 is 5.92 Å². The summed E-state index contributed by atoms with van der Waals surface area (Å²) in [6, 6.07) is 13.2. The Labute approximate surface area is 160 Å². The maximum atomic E-state index is 12.7. The normalized spacial score (nSPS) is 16.7. The Hall–Kier alpha value is -2.93. The summed E-state index contributed by atoms with van der Waals surface area (Å²) in [5, 5.41) is 3.45. The third-order valence-electron chi connectivity index (χ3n) is 4.73. The smallest absolute Gasteiger partial charge is 0.231 e. The molecule has 1 fully saturated rings. The predicted octanol–water partition coefficient (Wildman–Crippen LogP) is 3.60. The molecule has 0 aliphatic carbocycles. The van der Waals surface area contributed by atoms with Gasteiger partial charge in [0.1, 0.15) is 5.75 Å². The van der Waals surface area contributed by atoms with Crippen molar-refractivity contribution in [3.8, 4) is 5.75 Å². The number of methoxy groups -OCH3 is 1. The standard InChI is InChI=1S/C20H19N3O3S/c1-12-4-3-5-16-18(12)21-20(27-16)22-19(25)13-10-17(24)23(11-13)14-6-8-15(26-2)9-7-14/h3-9,13H,10-11H2,1-2H3,(H,21,22,25)/t13-/m0/s1. The molecule has 0 saturated carbocycles. The number of para-hydroxylation sites is 1. The molecular formula is C20H19N3O3S. The van der Waals surface area contributed by atoms with Crippen LogP contribution in [0.25, 0.3) is 10.2 Å². The van der Waals surface area contributed by atoms with Crippen molar-refractivity contribution < 1.29 is 14.3 Å². The summed E-state index contributed by atoms with van der Waals surface area (Å²) in [4.78, 5) is 31.2. The highest BCUT2D eigenvalue weighted by Crippen LogP contribution is 2.30. The first-order valence-corrected chi connectivity index (χ1v) is 9.48. The van der Waals surface area contributed by atoms with Crippen molar-refractivity contribution in [2.75, 3.05) is 23.9 Å².